The summed E-state index contributed by atoms with van der Waals surface area (Å²) < 4.78 is 12.4. The van der Waals surface area contributed by atoms with E-state index in [1.165, 1.54) is 11.1 Å². The van der Waals surface area contributed by atoms with Gasteiger partial charge in [-0.1, -0.05) is 82.0 Å². The molecule has 0 aromatic heterocycles. The van der Waals surface area contributed by atoms with Crippen molar-refractivity contribution in [2.45, 2.75) is 98.1 Å². The second kappa shape index (κ2) is 12.0. The number of aryl methyl sites for hydroxylation is 1. The molecule has 1 aromatic rings. The summed E-state index contributed by atoms with van der Waals surface area (Å²) in [6, 6.07) is 10.4. The maximum atomic E-state index is 12.6. The summed E-state index contributed by atoms with van der Waals surface area (Å²) >= 11 is 0. The van der Waals surface area contributed by atoms with E-state index in [0.29, 0.717) is 25.0 Å². The van der Waals surface area contributed by atoms with E-state index in [2.05, 4.69) is 77.3 Å². The number of hydrogen-bond donors (Lipinski definition) is 1. The van der Waals surface area contributed by atoms with Crippen molar-refractivity contribution >= 4 is 14.0 Å². The normalized spacial score (nSPS) is 28.1. The average molecular weight is 515 g/mol. The van der Waals surface area contributed by atoms with Crippen LogP contribution in [0.4, 0.5) is 0 Å². The van der Waals surface area contributed by atoms with Crippen molar-refractivity contribution in [3.8, 4) is 0 Å². The average Bonchev–Trinajstić information content (AvgIpc) is 2.79. The molecule has 1 aliphatic heterocycles. The molecular formula is C31H50O4Si. The molecule has 1 aromatic carbocycles. The van der Waals surface area contributed by atoms with Gasteiger partial charge in [-0.2, -0.15) is 0 Å². The Balaban J connectivity index is 1.77. The van der Waals surface area contributed by atoms with Crippen molar-refractivity contribution in [1.29, 1.82) is 0 Å². The zero-order chi connectivity index (χ0) is 26.6. The molecule has 202 valence electrons. The summed E-state index contributed by atoms with van der Waals surface area (Å²) in [4.78, 5) is 12.6. The molecule has 1 aliphatic carbocycles. The predicted molar refractivity (Wildman–Crippen MR) is 151 cm³/mol. The number of hydrogen-bond acceptors (Lipinski definition) is 3. The third-order valence-corrected chi connectivity index (χ3v) is 9.35. The molecule has 4 nitrogen and oxygen atoms in total. The van der Waals surface area contributed by atoms with Gasteiger partial charge >= 0.3 is 5.97 Å². The number of carboxylic acids is 1. The SMILES string of the molecule is C[C@@H]1CC[C@@H]([C@@H](CCCc2ccccc2)C(=O)O)/C(=C/[Si](C)(C)C)[C@H]1CCC1(C)OCC(C)(C)CO1. The minimum absolute atomic E-state index is 0.0556. The number of aliphatic carboxylic acids is 1. The molecule has 0 spiro atoms. The molecule has 0 radical (unpaired) electrons. The lowest BCUT2D eigenvalue weighted by Gasteiger charge is -2.44. The lowest BCUT2D eigenvalue weighted by molar-refractivity contribution is -0.293. The molecule has 0 unspecified atom stereocenters. The lowest BCUT2D eigenvalue weighted by Crippen LogP contribution is -2.46. The van der Waals surface area contributed by atoms with Crippen LogP contribution in [0, 0.1) is 29.1 Å². The fourth-order valence-corrected chi connectivity index (χ4v) is 7.45. The highest BCUT2D eigenvalue weighted by Gasteiger charge is 2.42. The van der Waals surface area contributed by atoms with Gasteiger partial charge in [0, 0.05) is 11.8 Å². The van der Waals surface area contributed by atoms with Gasteiger partial charge in [0.05, 0.1) is 27.2 Å². The molecule has 0 amide bonds. The van der Waals surface area contributed by atoms with Crippen molar-refractivity contribution in [1.82, 2.24) is 0 Å². The highest BCUT2D eigenvalue weighted by Crippen LogP contribution is 2.47. The monoisotopic (exact) mass is 514 g/mol. The first-order valence-electron chi connectivity index (χ1n) is 14.1. The van der Waals surface area contributed by atoms with E-state index in [0.717, 1.165) is 44.9 Å². The first-order valence-corrected chi connectivity index (χ1v) is 17.6. The lowest BCUT2D eigenvalue weighted by atomic mass is 9.65. The van der Waals surface area contributed by atoms with Crippen LogP contribution in [0.1, 0.15) is 71.8 Å². The molecular weight excluding hydrogens is 464 g/mol. The minimum atomic E-state index is -1.55. The van der Waals surface area contributed by atoms with Gasteiger partial charge in [-0.15, -0.1) is 0 Å². The van der Waals surface area contributed by atoms with E-state index < -0.39 is 19.8 Å². The van der Waals surface area contributed by atoms with Crippen LogP contribution >= 0.6 is 0 Å². The first kappa shape index (κ1) is 29.1. The third kappa shape index (κ3) is 8.29. The molecule has 1 saturated carbocycles. The van der Waals surface area contributed by atoms with Gasteiger partial charge in [-0.3, -0.25) is 4.79 Å². The highest BCUT2D eigenvalue weighted by molar-refractivity contribution is 6.81. The number of allylic oxidation sites excluding steroid dienone is 1. The van der Waals surface area contributed by atoms with Crippen LogP contribution in [0.3, 0.4) is 0 Å². The standard InChI is InChI=1S/C31H50O4Si/c1-23-16-17-26(27(29(32)33)15-11-14-24-12-9-8-10-13-24)28(20-36(5,6)7)25(23)18-19-31(4)34-21-30(2,3)22-35-31/h8-10,12-13,20,23,25-27H,11,14-19,21-22H2,1-7H3,(H,32,33)/b28-20+/t23-,25+,26+,27-/m1/s1. The van der Waals surface area contributed by atoms with Gasteiger partial charge in [-0.25, -0.2) is 0 Å². The topological polar surface area (TPSA) is 55.8 Å². The Bertz CT molecular complexity index is 876. The summed E-state index contributed by atoms with van der Waals surface area (Å²) in [6.45, 7) is 17.3. The van der Waals surface area contributed by atoms with Gasteiger partial charge in [0.15, 0.2) is 5.79 Å². The van der Waals surface area contributed by atoms with Crippen LogP contribution in [0.5, 0.6) is 0 Å². The van der Waals surface area contributed by atoms with E-state index in [-0.39, 0.29) is 17.3 Å². The smallest absolute Gasteiger partial charge is 0.307 e. The first-order chi connectivity index (χ1) is 16.8. The molecule has 0 bridgehead atoms. The minimum Gasteiger partial charge on any atom is -0.481 e. The second-order valence-corrected chi connectivity index (χ2v) is 18.5. The van der Waals surface area contributed by atoms with Crippen LogP contribution in [0.25, 0.3) is 0 Å². The Hall–Kier alpha value is -1.43. The molecule has 1 N–H and O–H groups in total. The fourth-order valence-electron chi connectivity index (χ4n) is 6.02. The highest BCUT2D eigenvalue weighted by atomic mass is 28.3. The summed E-state index contributed by atoms with van der Waals surface area (Å²) in [7, 11) is -1.55. The van der Waals surface area contributed by atoms with E-state index in [4.69, 9.17) is 9.47 Å². The summed E-state index contributed by atoms with van der Waals surface area (Å²) in [5, 5.41) is 10.4. The molecule has 2 aliphatic rings. The fraction of sp³-hybridized carbons (Fsp3) is 0.710. The van der Waals surface area contributed by atoms with Gasteiger partial charge in [-0.05, 0) is 68.8 Å². The number of benzene rings is 1. The quantitative estimate of drug-likeness (QED) is 0.324. The molecule has 4 atom stereocenters. The van der Waals surface area contributed by atoms with Crippen molar-refractivity contribution in [2.24, 2.45) is 29.1 Å². The van der Waals surface area contributed by atoms with Crippen LogP contribution in [-0.2, 0) is 20.7 Å². The van der Waals surface area contributed by atoms with E-state index in [9.17, 15) is 9.90 Å². The zero-order valence-corrected chi connectivity index (χ0v) is 24.8. The van der Waals surface area contributed by atoms with Gasteiger partial charge in [0.25, 0.3) is 0 Å². The Labute approximate surface area is 220 Å². The number of carbonyl (C=O) groups is 1. The van der Waals surface area contributed by atoms with Crippen LogP contribution in [0.2, 0.25) is 19.6 Å². The van der Waals surface area contributed by atoms with Crippen molar-refractivity contribution in [3.63, 3.8) is 0 Å². The second-order valence-electron chi connectivity index (χ2n) is 13.5. The largest absolute Gasteiger partial charge is 0.481 e. The zero-order valence-electron chi connectivity index (χ0n) is 23.8. The van der Waals surface area contributed by atoms with Gasteiger partial charge in [0.2, 0.25) is 0 Å². The molecule has 3 rings (SSSR count). The summed E-state index contributed by atoms with van der Waals surface area (Å²) in [5.41, 5.74) is 5.32. The van der Waals surface area contributed by atoms with Crippen molar-refractivity contribution in [2.75, 3.05) is 13.2 Å². The van der Waals surface area contributed by atoms with Crippen molar-refractivity contribution < 1.29 is 19.4 Å². The third-order valence-electron chi connectivity index (χ3n) is 8.15. The van der Waals surface area contributed by atoms with E-state index >= 15 is 0 Å². The number of carboxylic acid groups (broad SMARTS) is 1. The van der Waals surface area contributed by atoms with Crippen LogP contribution < -0.4 is 0 Å². The Morgan fingerprint density at radius 3 is 2.33 bits per heavy atom. The predicted octanol–water partition coefficient (Wildman–Crippen LogP) is 7.75. The van der Waals surface area contributed by atoms with E-state index in [1.54, 1.807) is 0 Å². The maximum Gasteiger partial charge on any atom is 0.307 e. The van der Waals surface area contributed by atoms with E-state index in [1.807, 2.05) is 6.07 Å². The van der Waals surface area contributed by atoms with Crippen LogP contribution in [-0.4, -0.2) is 38.2 Å². The Morgan fingerprint density at radius 2 is 1.75 bits per heavy atom. The van der Waals surface area contributed by atoms with Gasteiger partial charge < -0.3 is 14.6 Å². The summed E-state index contributed by atoms with van der Waals surface area (Å²) in [6.07, 6.45) is 6.49. The molecule has 1 saturated heterocycles. The Kier molecular flexibility index (Phi) is 9.67. The maximum absolute atomic E-state index is 12.6. The Morgan fingerprint density at radius 1 is 1.11 bits per heavy atom. The summed E-state index contributed by atoms with van der Waals surface area (Å²) in [5.74, 6) is -0.419. The number of rotatable bonds is 10. The molecule has 36 heavy (non-hydrogen) atoms. The van der Waals surface area contributed by atoms with Crippen LogP contribution in [0.15, 0.2) is 41.6 Å². The van der Waals surface area contributed by atoms with Gasteiger partial charge in [0.1, 0.15) is 0 Å². The molecule has 2 fully saturated rings. The van der Waals surface area contributed by atoms with Crippen molar-refractivity contribution in [3.05, 3.63) is 47.2 Å². The number of ether oxygens (including phenoxy) is 2. The molecule has 1 heterocycles. The molecule has 5 heteroatoms.